The van der Waals surface area contributed by atoms with Gasteiger partial charge in [0, 0.05) is 32.7 Å². The molecule has 0 radical (unpaired) electrons. The number of hydrogen-bond acceptors (Lipinski definition) is 5. The molecule has 1 aromatic heterocycles. The van der Waals surface area contributed by atoms with Crippen molar-refractivity contribution in [2.24, 2.45) is 0 Å². The molecular formula is C19H24FN5O3. The first-order chi connectivity index (χ1) is 13.4. The standard InChI is InChI=1S/C19H24FN5O3/c1-3-17(24-14(2)12-18(21-24)25(27)28)19(26)23-10-8-22(9-11-23)13-15-4-6-16(20)7-5-15/h4-7,12,17H,3,8-11,13H2,1-2H3. The van der Waals surface area contributed by atoms with Crippen LogP contribution in [0.2, 0.25) is 0 Å². The summed E-state index contributed by atoms with van der Waals surface area (Å²) in [6.07, 6.45) is 0.508. The van der Waals surface area contributed by atoms with Gasteiger partial charge in [0.2, 0.25) is 5.91 Å². The summed E-state index contributed by atoms with van der Waals surface area (Å²) in [4.78, 5) is 27.4. The molecule has 0 spiro atoms. The van der Waals surface area contributed by atoms with Crippen LogP contribution in [0.25, 0.3) is 0 Å². The molecule has 0 aliphatic carbocycles. The van der Waals surface area contributed by atoms with Gasteiger partial charge in [0.05, 0.1) is 16.9 Å². The first-order valence-corrected chi connectivity index (χ1v) is 9.35. The number of hydrogen-bond donors (Lipinski definition) is 0. The molecule has 0 bridgehead atoms. The Hall–Kier alpha value is -2.81. The lowest BCUT2D eigenvalue weighted by Gasteiger charge is -2.36. The van der Waals surface area contributed by atoms with Gasteiger partial charge in [0.15, 0.2) is 6.04 Å². The normalized spacial score (nSPS) is 16.2. The Bertz CT molecular complexity index is 844. The minimum Gasteiger partial charge on any atom is -0.358 e. The summed E-state index contributed by atoms with van der Waals surface area (Å²) in [5.41, 5.74) is 1.63. The van der Waals surface area contributed by atoms with Crippen molar-refractivity contribution < 1.29 is 14.1 Å². The summed E-state index contributed by atoms with van der Waals surface area (Å²) >= 11 is 0. The maximum atomic E-state index is 13.0. The van der Waals surface area contributed by atoms with Gasteiger partial charge >= 0.3 is 5.82 Å². The van der Waals surface area contributed by atoms with Gasteiger partial charge in [0.25, 0.3) is 0 Å². The van der Waals surface area contributed by atoms with E-state index in [4.69, 9.17) is 0 Å². The van der Waals surface area contributed by atoms with E-state index >= 15 is 0 Å². The first-order valence-electron chi connectivity index (χ1n) is 9.35. The van der Waals surface area contributed by atoms with E-state index in [0.717, 1.165) is 18.7 Å². The van der Waals surface area contributed by atoms with E-state index in [9.17, 15) is 19.3 Å². The molecule has 0 saturated carbocycles. The number of aryl methyl sites for hydroxylation is 1. The highest BCUT2D eigenvalue weighted by Gasteiger charge is 2.32. The number of carbonyl (C=O) groups is 1. The van der Waals surface area contributed by atoms with E-state index in [2.05, 4.69) is 10.00 Å². The van der Waals surface area contributed by atoms with E-state index < -0.39 is 11.0 Å². The monoisotopic (exact) mass is 389 g/mol. The van der Waals surface area contributed by atoms with Gasteiger partial charge in [-0.05, 0) is 36.0 Å². The second-order valence-electron chi connectivity index (χ2n) is 7.00. The SMILES string of the molecule is CCC(C(=O)N1CCN(Cc2ccc(F)cc2)CC1)n1nc([N+](=O)[O-])cc1C. The van der Waals surface area contributed by atoms with Crippen LogP contribution in [0.3, 0.4) is 0 Å². The Morgan fingerprint density at radius 1 is 1.25 bits per heavy atom. The fraction of sp³-hybridized carbons (Fsp3) is 0.474. The highest BCUT2D eigenvalue weighted by molar-refractivity contribution is 5.80. The molecule has 1 amide bonds. The zero-order chi connectivity index (χ0) is 20.3. The molecule has 2 heterocycles. The van der Waals surface area contributed by atoms with E-state index in [1.807, 2.05) is 6.92 Å². The fourth-order valence-corrected chi connectivity index (χ4v) is 3.51. The molecule has 1 saturated heterocycles. The Labute approximate surface area is 162 Å². The van der Waals surface area contributed by atoms with Gasteiger partial charge in [-0.3, -0.25) is 9.69 Å². The fourth-order valence-electron chi connectivity index (χ4n) is 3.51. The van der Waals surface area contributed by atoms with Crippen molar-refractivity contribution in [2.45, 2.75) is 32.9 Å². The Kier molecular flexibility index (Phi) is 6.03. The number of carbonyl (C=O) groups excluding carboxylic acids is 1. The van der Waals surface area contributed by atoms with E-state index in [1.165, 1.54) is 22.9 Å². The van der Waals surface area contributed by atoms with Crippen LogP contribution in [0.15, 0.2) is 30.3 Å². The van der Waals surface area contributed by atoms with Crippen molar-refractivity contribution in [1.29, 1.82) is 0 Å². The largest absolute Gasteiger partial charge is 0.390 e. The van der Waals surface area contributed by atoms with Gasteiger partial charge < -0.3 is 15.0 Å². The maximum absolute atomic E-state index is 13.0. The second kappa shape index (κ2) is 8.47. The topological polar surface area (TPSA) is 84.5 Å². The molecule has 1 atom stereocenters. The average Bonchev–Trinajstić information content (AvgIpc) is 3.07. The van der Waals surface area contributed by atoms with Gasteiger partial charge in [-0.1, -0.05) is 19.1 Å². The molecular weight excluding hydrogens is 365 g/mol. The van der Waals surface area contributed by atoms with Crippen molar-refractivity contribution in [1.82, 2.24) is 19.6 Å². The number of benzene rings is 1. The quantitative estimate of drug-likeness (QED) is 0.560. The molecule has 2 aromatic rings. The molecule has 1 fully saturated rings. The van der Waals surface area contributed by atoms with E-state index in [1.54, 1.807) is 24.0 Å². The molecule has 1 aliphatic rings. The summed E-state index contributed by atoms with van der Waals surface area (Å²) in [5.74, 6) is -0.558. The van der Waals surface area contributed by atoms with Crippen LogP contribution in [0.4, 0.5) is 10.2 Å². The summed E-state index contributed by atoms with van der Waals surface area (Å²) < 4.78 is 14.5. The number of amides is 1. The number of nitro groups is 1. The first kappa shape index (κ1) is 19.9. The smallest absolute Gasteiger partial charge is 0.358 e. The van der Waals surface area contributed by atoms with Crippen molar-refractivity contribution in [3.05, 3.63) is 57.5 Å². The van der Waals surface area contributed by atoms with Crippen LogP contribution in [0.1, 0.15) is 30.6 Å². The summed E-state index contributed by atoms with van der Waals surface area (Å²) in [6, 6.07) is 7.29. The molecule has 1 aromatic carbocycles. The van der Waals surface area contributed by atoms with Gasteiger partial charge in [-0.15, -0.1) is 0 Å². The van der Waals surface area contributed by atoms with Crippen LogP contribution < -0.4 is 0 Å². The van der Waals surface area contributed by atoms with Crippen molar-refractivity contribution in [2.75, 3.05) is 26.2 Å². The predicted molar refractivity (Wildman–Crippen MR) is 101 cm³/mol. The van der Waals surface area contributed by atoms with Crippen LogP contribution in [0, 0.1) is 22.9 Å². The third-order valence-corrected chi connectivity index (χ3v) is 5.07. The average molecular weight is 389 g/mol. The minimum atomic E-state index is -0.547. The Morgan fingerprint density at radius 3 is 2.43 bits per heavy atom. The Balaban J connectivity index is 1.61. The highest BCUT2D eigenvalue weighted by atomic mass is 19.1. The molecule has 1 aliphatic heterocycles. The van der Waals surface area contributed by atoms with Crippen LogP contribution >= 0.6 is 0 Å². The lowest BCUT2D eigenvalue weighted by Crippen LogP contribution is -2.50. The van der Waals surface area contributed by atoms with Gasteiger partial charge in [-0.25, -0.2) is 4.39 Å². The summed E-state index contributed by atoms with van der Waals surface area (Å²) in [6.45, 7) is 6.91. The number of rotatable bonds is 6. The third kappa shape index (κ3) is 4.36. The molecule has 9 heteroatoms. The number of halogens is 1. The lowest BCUT2D eigenvalue weighted by molar-refractivity contribution is -0.389. The van der Waals surface area contributed by atoms with E-state index in [0.29, 0.717) is 31.7 Å². The van der Waals surface area contributed by atoms with Crippen molar-refractivity contribution in [3.8, 4) is 0 Å². The number of piperazine rings is 1. The van der Waals surface area contributed by atoms with Gasteiger partial charge in [0.1, 0.15) is 5.82 Å². The molecule has 1 unspecified atom stereocenters. The zero-order valence-electron chi connectivity index (χ0n) is 16.0. The van der Waals surface area contributed by atoms with E-state index in [-0.39, 0.29) is 17.5 Å². The third-order valence-electron chi connectivity index (χ3n) is 5.07. The van der Waals surface area contributed by atoms with Gasteiger partial charge in [-0.2, -0.15) is 4.68 Å². The predicted octanol–water partition coefficient (Wildman–Crippen LogP) is 2.53. The van der Waals surface area contributed by atoms with Crippen LogP contribution in [-0.4, -0.2) is 56.6 Å². The highest BCUT2D eigenvalue weighted by Crippen LogP contribution is 2.21. The lowest BCUT2D eigenvalue weighted by atomic mass is 10.1. The van der Waals surface area contributed by atoms with Crippen molar-refractivity contribution >= 4 is 11.7 Å². The molecule has 150 valence electrons. The molecule has 28 heavy (non-hydrogen) atoms. The summed E-state index contributed by atoms with van der Waals surface area (Å²) in [5, 5.41) is 15.0. The zero-order valence-corrected chi connectivity index (χ0v) is 16.0. The Morgan fingerprint density at radius 2 is 1.89 bits per heavy atom. The van der Waals surface area contributed by atoms with Crippen molar-refractivity contribution in [3.63, 3.8) is 0 Å². The number of nitrogens with zero attached hydrogens (tertiary/aromatic N) is 5. The second-order valence-corrected chi connectivity index (χ2v) is 7.00. The molecule has 0 N–H and O–H groups in total. The molecule has 8 nitrogen and oxygen atoms in total. The van der Waals surface area contributed by atoms with Crippen LogP contribution in [0.5, 0.6) is 0 Å². The maximum Gasteiger partial charge on any atom is 0.390 e. The summed E-state index contributed by atoms with van der Waals surface area (Å²) in [7, 11) is 0. The van der Waals surface area contributed by atoms with Crippen LogP contribution in [-0.2, 0) is 11.3 Å². The molecule has 3 rings (SSSR count). The number of aromatic nitrogens is 2. The minimum absolute atomic E-state index is 0.0648.